The molecule has 0 aliphatic rings. The molecule has 8 heteroatoms. The van der Waals surface area contributed by atoms with E-state index in [0.29, 0.717) is 6.54 Å². The van der Waals surface area contributed by atoms with Crippen LogP contribution in [0.5, 0.6) is 0 Å². The van der Waals surface area contributed by atoms with Gasteiger partial charge in [-0.25, -0.2) is 9.97 Å². The van der Waals surface area contributed by atoms with Gasteiger partial charge >= 0.3 is 11.1 Å². The molecule has 0 aliphatic carbocycles. The summed E-state index contributed by atoms with van der Waals surface area (Å²) in [7, 11) is 1.40. The van der Waals surface area contributed by atoms with Gasteiger partial charge in [0.1, 0.15) is 11.8 Å². The van der Waals surface area contributed by atoms with Gasteiger partial charge in [-0.05, 0) is 12.0 Å². The lowest BCUT2D eigenvalue weighted by Crippen LogP contribution is -2.39. The number of nitrogens with one attached hydrogen (secondary N) is 1. The summed E-state index contributed by atoms with van der Waals surface area (Å²) in [4.78, 5) is 31.3. The highest BCUT2D eigenvalue weighted by Crippen LogP contribution is 2.15. The van der Waals surface area contributed by atoms with Crippen LogP contribution in [0.4, 0.5) is 5.82 Å². The van der Waals surface area contributed by atoms with E-state index in [0.717, 1.165) is 16.6 Å². The lowest BCUT2D eigenvalue weighted by molar-refractivity contribution is 0.823. The minimum absolute atomic E-state index is 0.0346. The molecule has 0 radical (unpaired) electrons. The molecule has 2 aromatic heterocycles. The number of aryl methyl sites for hydroxylation is 1. The van der Waals surface area contributed by atoms with Crippen LogP contribution in [0.15, 0.2) is 46.2 Å². The van der Waals surface area contributed by atoms with Gasteiger partial charge in [-0.1, -0.05) is 30.3 Å². The molecular formula is C15H14N5O3-. The second-order valence-electron chi connectivity index (χ2n) is 5.02. The lowest BCUT2D eigenvalue weighted by atomic mass is 10.1. The van der Waals surface area contributed by atoms with Crippen molar-refractivity contribution < 1.29 is 0 Å². The van der Waals surface area contributed by atoms with Gasteiger partial charge in [-0.15, -0.1) is 0 Å². The lowest BCUT2D eigenvalue weighted by Gasteiger charge is -2.17. The zero-order valence-corrected chi connectivity index (χ0v) is 12.4. The normalized spacial score (nSPS) is 10.8. The molecule has 8 nitrogen and oxygen atoms in total. The van der Waals surface area contributed by atoms with E-state index in [-0.39, 0.29) is 21.7 Å². The molecule has 1 aromatic carbocycles. The van der Waals surface area contributed by atoms with E-state index in [9.17, 15) is 14.8 Å². The van der Waals surface area contributed by atoms with Gasteiger partial charge in [0, 0.05) is 13.6 Å². The highest BCUT2D eigenvalue weighted by atomic mass is 16.5. The number of benzene rings is 1. The topological polar surface area (TPSA) is 105 Å². The highest BCUT2D eigenvalue weighted by Gasteiger charge is 2.12. The molecule has 0 fully saturated rings. The average Bonchev–Trinajstić information content (AvgIpc) is 2.59. The van der Waals surface area contributed by atoms with Crippen LogP contribution < -0.4 is 16.4 Å². The number of hydrogen-bond donors (Lipinski definition) is 1. The monoisotopic (exact) mass is 312 g/mol. The Hall–Kier alpha value is -3.16. The third-order valence-electron chi connectivity index (χ3n) is 3.54. The number of rotatable bonds is 4. The molecule has 0 saturated heterocycles. The number of aromatic nitrogens is 4. The van der Waals surface area contributed by atoms with E-state index >= 15 is 0 Å². The fourth-order valence-corrected chi connectivity index (χ4v) is 2.33. The third-order valence-corrected chi connectivity index (χ3v) is 3.54. The van der Waals surface area contributed by atoms with E-state index in [1.807, 2.05) is 30.3 Å². The van der Waals surface area contributed by atoms with Gasteiger partial charge in [-0.2, -0.15) is 0 Å². The fourth-order valence-electron chi connectivity index (χ4n) is 2.33. The van der Waals surface area contributed by atoms with Crippen LogP contribution >= 0.6 is 0 Å². The van der Waals surface area contributed by atoms with Crippen molar-refractivity contribution in [3.8, 4) is 0 Å². The first kappa shape index (κ1) is 14.8. The molecule has 23 heavy (non-hydrogen) atoms. The third kappa shape index (κ3) is 2.66. The minimum atomic E-state index is -1.15. The van der Waals surface area contributed by atoms with E-state index in [4.69, 9.17) is 0 Å². The van der Waals surface area contributed by atoms with E-state index < -0.39 is 11.1 Å². The van der Waals surface area contributed by atoms with E-state index in [1.54, 1.807) is 0 Å². The fraction of sp³-hybridized carbons (Fsp3) is 0.200. The Morgan fingerprint density at radius 3 is 2.61 bits per heavy atom. The minimum Gasteiger partial charge on any atom is -0.803 e. The molecule has 0 unspecified atom stereocenters. The summed E-state index contributed by atoms with van der Waals surface area (Å²) < 4.78 is 1.10. The van der Waals surface area contributed by atoms with Gasteiger partial charge in [0.2, 0.25) is 0 Å². The van der Waals surface area contributed by atoms with E-state index in [2.05, 4.69) is 15.3 Å². The van der Waals surface area contributed by atoms with Crippen LogP contribution in [0.3, 0.4) is 0 Å². The average molecular weight is 312 g/mol. The predicted octanol–water partition coefficient (Wildman–Crippen LogP) is 0.491. The Bertz CT molecular complexity index is 962. The smallest absolute Gasteiger partial charge is 0.317 e. The van der Waals surface area contributed by atoms with Gasteiger partial charge in [-0.3, -0.25) is 14.2 Å². The quantitative estimate of drug-likeness (QED) is 0.703. The summed E-state index contributed by atoms with van der Waals surface area (Å²) in [6.45, 7) is 0.521. The van der Waals surface area contributed by atoms with Gasteiger partial charge < -0.3 is 15.3 Å². The maximum absolute atomic E-state index is 12.0. The van der Waals surface area contributed by atoms with Crippen LogP contribution in [0, 0.1) is 5.21 Å². The van der Waals surface area contributed by atoms with Crippen LogP contribution in [-0.4, -0.2) is 25.8 Å². The summed E-state index contributed by atoms with van der Waals surface area (Å²) in [5.74, 6) is 0.230. The Balaban J connectivity index is 1.95. The van der Waals surface area contributed by atoms with Gasteiger partial charge in [0.05, 0.1) is 0 Å². The summed E-state index contributed by atoms with van der Waals surface area (Å²) >= 11 is 0. The van der Waals surface area contributed by atoms with Gasteiger partial charge in [0.25, 0.3) is 0 Å². The van der Waals surface area contributed by atoms with Crippen molar-refractivity contribution in [1.82, 2.24) is 19.3 Å². The number of anilines is 1. The molecule has 0 spiro atoms. The van der Waals surface area contributed by atoms with Crippen molar-refractivity contribution in [1.29, 1.82) is 0 Å². The zero-order chi connectivity index (χ0) is 16.4. The molecule has 118 valence electrons. The Morgan fingerprint density at radius 2 is 1.87 bits per heavy atom. The van der Waals surface area contributed by atoms with Crippen LogP contribution in [0.1, 0.15) is 5.56 Å². The van der Waals surface area contributed by atoms with E-state index in [1.165, 1.54) is 13.4 Å². The largest absolute Gasteiger partial charge is 0.803 e. The Morgan fingerprint density at radius 1 is 1.13 bits per heavy atom. The predicted molar refractivity (Wildman–Crippen MR) is 86.4 cm³/mol. The Kier molecular flexibility index (Phi) is 3.80. The summed E-state index contributed by atoms with van der Waals surface area (Å²) in [6, 6.07) is 9.81. The van der Waals surface area contributed by atoms with Crippen molar-refractivity contribution in [2.75, 3.05) is 11.9 Å². The van der Waals surface area contributed by atoms with Crippen LogP contribution in [0.25, 0.3) is 11.2 Å². The summed E-state index contributed by atoms with van der Waals surface area (Å²) in [6.07, 6.45) is 1.97. The molecule has 0 saturated carbocycles. The summed E-state index contributed by atoms with van der Waals surface area (Å²) in [5.41, 5.74) is -0.859. The number of hydrogen-bond acceptors (Lipinski definition) is 6. The maximum Gasteiger partial charge on any atom is 0.317 e. The number of nitrogens with zero attached hydrogens (tertiary/aromatic N) is 4. The first-order valence-corrected chi connectivity index (χ1v) is 7.01. The van der Waals surface area contributed by atoms with Crippen molar-refractivity contribution >= 4 is 17.0 Å². The molecular weight excluding hydrogens is 298 g/mol. The molecule has 3 aromatic rings. The maximum atomic E-state index is 12.0. The first-order chi connectivity index (χ1) is 11.1. The van der Waals surface area contributed by atoms with Crippen molar-refractivity contribution in [3.63, 3.8) is 0 Å². The van der Waals surface area contributed by atoms with Crippen LogP contribution in [0.2, 0.25) is 0 Å². The summed E-state index contributed by atoms with van der Waals surface area (Å²) in [5, 5.41) is 15.1. The molecule has 0 amide bonds. The van der Waals surface area contributed by atoms with Crippen molar-refractivity contribution in [3.05, 3.63) is 68.1 Å². The molecule has 0 aliphatic heterocycles. The second kappa shape index (κ2) is 5.91. The highest BCUT2D eigenvalue weighted by molar-refractivity contribution is 5.83. The molecule has 2 heterocycles. The van der Waals surface area contributed by atoms with Crippen LogP contribution in [-0.2, 0) is 13.5 Å². The molecule has 0 bridgehead atoms. The molecule has 3 rings (SSSR count). The van der Waals surface area contributed by atoms with Crippen molar-refractivity contribution in [2.45, 2.75) is 6.42 Å². The molecule has 1 N–H and O–H groups in total. The van der Waals surface area contributed by atoms with Gasteiger partial charge in [0.15, 0.2) is 11.5 Å². The number of fused-ring (bicyclic) bond motifs is 1. The molecule has 0 atom stereocenters. The second-order valence-corrected chi connectivity index (χ2v) is 5.02. The van der Waals surface area contributed by atoms with Crippen molar-refractivity contribution in [2.24, 2.45) is 7.05 Å². The zero-order valence-electron chi connectivity index (χ0n) is 12.4. The SMILES string of the molecule is Cn1c(=O)c(=O)n([O-])c2c(NCCc3ccccc3)ncnc21. The first-order valence-electron chi connectivity index (χ1n) is 7.01. The standard InChI is InChI=1S/C15H14N5O3/c1-19-13-11(20(23)15(22)14(19)21)12(17-9-18-13)16-8-7-10-5-3-2-4-6-10/h2-6,9H,7-8H2,1H3,(H,16,17,18)/q-1. The Labute approximate surface area is 130 Å².